The second-order valence-electron chi connectivity index (χ2n) is 5.96. The normalized spacial score (nSPS) is 16.7. The molecular formula is C16H18N4O5S. The first-order chi connectivity index (χ1) is 12.3. The number of fused-ring (bicyclic) bond motifs is 1. The molecule has 0 saturated heterocycles. The fourth-order valence-electron chi connectivity index (χ4n) is 2.86. The first-order valence-electron chi connectivity index (χ1n) is 7.76. The number of sulfonamides is 1. The average molecular weight is 378 g/mol. The topological polar surface area (TPSA) is 121 Å². The molecule has 9 nitrogen and oxygen atoms in total. The quantitative estimate of drug-likeness (QED) is 0.748. The van der Waals surface area contributed by atoms with E-state index in [1.807, 2.05) is 0 Å². The first-order valence-corrected chi connectivity index (χ1v) is 9.65. The van der Waals surface area contributed by atoms with Crippen LogP contribution in [0.1, 0.15) is 21.7 Å². The molecule has 2 N–H and O–H groups in total. The number of anilines is 1. The number of carbonyl (C=O) groups is 2. The van der Waals surface area contributed by atoms with Gasteiger partial charge in [0, 0.05) is 17.7 Å². The summed E-state index contributed by atoms with van der Waals surface area (Å²) >= 11 is 0. The van der Waals surface area contributed by atoms with E-state index in [0.29, 0.717) is 11.3 Å². The SMILES string of the molecule is COC(=O)C1Cc2nc[nH]c2CN1C(=O)c1ccc(NS(C)(=O)=O)cc1. The van der Waals surface area contributed by atoms with Crippen LogP contribution < -0.4 is 4.72 Å². The van der Waals surface area contributed by atoms with Gasteiger partial charge in [0.15, 0.2) is 0 Å². The van der Waals surface area contributed by atoms with E-state index in [1.54, 1.807) is 0 Å². The molecule has 1 unspecified atom stereocenters. The molecule has 1 amide bonds. The Morgan fingerprint density at radius 3 is 2.62 bits per heavy atom. The van der Waals surface area contributed by atoms with E-state index < -0.39 is 22.0 Å². The summed E-state index contributed by atoms with van der Waals surface area (Å²) in [6.07, 6.45) is 2.84. The Morgan fingerprint density at radius 1 is 1.31 bits per heavy atom. The van der Waals surface area contributed by atoms with Crippen molar-refractivity contribution in [2.75, 3.05) is 18.1 Å². The van der Waals surface area contributed by atoms with Crippen LogP contribution >= 0.6 is 0 Å². The van der Waals surface area contributed by atoms with Crippen molar-refractivity contribution in [1.82, 2.24) is 14.9 Å². The van der Waals surface area contributed by atoms with Crippen molar-refractivity contribution in [2.45, 2.75) is 19.0 Å². The third kappa shape index (κ3) is 3.69. The molecule has 0 saturated carbocycles. The molecule has 0 spiro atoms. The van der Waals surface area contributed by atoms with E-state index in [4.69, 9.17) is 4.74 Å². The molecule has 2 aromatic rings. The van der Waals surface area contributed by atoms with E-state index in [-0.39, 0.29) is 18.9 Å². The molecule has 3 rings (SSSR count). The number of nitrogens with zero attached hydrogens (tertiary/aromatic N) is 2. The maximum Gasteiger partial charge on any atom is 0.329 e. The molecule has 10 heteroatoms. The van der Waals surface area contributed by atoms with Crippen LogP contribution in [0.5, 0.6) is 0 Å². The van der Waals surface area contributed by atoms with Crippen LogP contribution in [0.4, 0.5) is 5.69 Å². The number of H-pyrrole nitrogens is 1. The molecule has 1 atom stereocenters. The van der Waals surface area contributed by atoms with Gasteiger partial charge in [0.25, 0.3) is 5.91 Å². The van der Waals surface area contributed by atoms with Crippen molar-refractivity contribution in [3.63, 3.8) is 0 Å². The van der Waals surface area contributed by atoms with Crippen LogP contribution in [0.15, 0.2) is 30.6 Å². The Balaban J connectivity index is 1.86. The minimum Gasteiger partial charge on any atom is -0.467 e. The van der Waals surface area contributed by atoms with Gasteiger partial charge >= 0.3 is 5.97 Å². The van der Waals surface area contributed by atoms with Crippen LogP contribution in [0.2, 0.25) is 0 Å². The number of amides is 1. The van der Waals surface area contributed by atoms with Gasteiger partial charge in [-0.3, -0.25) is 9.52 Å². The standard InChI is InChI=1S/C16H18N4O5S/c1-25-16(22)14-7-12-13(18-9-17-12)8-20(14)15(21)10-3-5-11(6-4-10)19-26(2,23)24/h3-6,9,14,19H,7-8H2,1-2H3,(H,17,18). The number of imidazole rings is 1. The molecular weight excluding hydrogens is 360 g/mol. The molecule has 138 valence electrons. The lowest BCUT2D eigenvalue weighted by molar-refractivity contribution is -0.146. The minimum atomic E-state index is -3.40. The van der Waals surface area contributed by atoms with Gasteiger partial charge in [-0.15, -0.1) is 0 Å². The number of aromatic amines is 1. The number of aromatic nitrogens is 2. The second kappa shape index (κ2) is 6.79. The lowest BCUT2D eigenvalue weighted by Gasteiger charge is -2.33. The largest absolute Gasteiger partial charge is 0.467 e. The number of rotatable bonds is 4. The first kappa shape index (κ1) is 17.9. The van der Waals surface area contributed by atoms with Crippen molar-refractivity contribution in [3.05, 3.63) is 47.5 Å². The maximum absolute atomic E-state index is 12.9. The van der Waals surface area contributed by atoms with Crippen LogP contribution in [0.25, 0.3) is 0 Å². The fourth-order valence-corrected chi connectivity index (χ4v) is 3.42. The highest BCUT2D eigenvalue weighted by molar-refractivity contribution is 7.92. The number of carbonyl (C=O) groups excluding carboxylic acids is 2. The molecule has 0 bridgehead atoms. The Kier molecular flexibility index (Phi) is 4.68. The Hall–Kier alpha value is -2.88. The van der Waals surface area contributed by atoms with Gasteiger partial charge in [-0.2, -0.15) is 0 Å². The molecule has 2 heterocycles. The van der Waals surface area contributed by atoms with E-state index in [9.17, 15) is 18.0 Å². The highest BCUT2D eigenvalue weighted by Gasteiger charge is 2.37. The number of ether oxygens (including phenoxy) is 1. The zero-order valence-corrected chi connectivity index (χ0v) is 15.0. The lowest BCUT2D eigenvalue weighted by atomic mass is 10.0. The molecule has 1 aromatic heterocycles. The summed E-state index contributed by atoms with van der Waals surface area (Å²) in [7, 11) is -2.12. The number of benzene rings is 1. The van der Waals surface area contributed by atoms with Gasteiger partial charge in [-0.05, 0) is 24.3 Å². The van der Waals surface area contributed by atoms with Crippen LogP contribution in [-0.2, 0) is 32.5 Å². The zero-order valence-electron chi connectivity index (χ0n) is 14.2. The highest BCUT2D eigenvalue weighted by Crippen LogP contribution is 2.24. The summed E-state index contributed by atoms with van der Waals surface area (Å²) in [6.45, 7) is 0.206. The summed E-state index contributed by atoms with van der Waals surface area (Å²) in [4.78, 5) is 33.6. The van der Waals surface area contributed by atoms with Gasteiger partial charge < -0.3 is 14.6 Å². The summed E-state index contributed by atoms with van der Waals surface area (Å²) in [5, 5.41) is 0. The van der Waals surface area contributed by atoms with Crippen molar-refractivity contribution in [1.29, 1.82) is 0 Å². The monoisotopic (exact) mass is 378 g/mol. The van der Waals surface area contributed by atoms with Gasteiger partial charge in [-0.1, -0.05) is 0 Å². The average Bonchev–Trinajstić information content (AvgIpc) is 3.06. The highest BCUT2D eigenvalue weighted by atomic mass is 32.2. The van der Waals surface area contributed by atoms with E-state index in [0.717, 1.165) is 17.6 Å². The van der Waals surface area contributed by atoms with Crippen LogP contribution in [0, 0.1) is 0 Å². The molecule has 26 heavy (non-hydrogen) atoms. The summed E-state index contributed by atoms with van der Waals surface area (Å²) in [5.41, 5.74) is 2.19. The molecule has 0 aliphatic carbocycles. The van der Waals surface area contributed by atoms with Crippen molar-refractivity contribution in [2.24, 2.45) is 0 Å². The Bertz CT molecular complexity index is 936. The molecule has 0 radical (unpaired) electrons. The molecule has 1 aliphatic heterocycles. The predicted molar refractivity (Wildman–Crippen MR) is 92.9 cm³/mol. The van der Waals surface area contributed by atoms with Crippen LogP contribution in [-0.4, -0.2) is 54.6 Å². The predicted octanol–water partition coefficient (Wildman–Crippen LogP) is 0.521. The number of nitrogens with one attached hydrogen (secondary N) is 2. The van der Waals surface area contributed by atoms with Crippen molar-refractivity contribution in [3.8, 4) is 0 Å². The van der Waals surface area contributed by atoms with Gasteiger partial charge in [0.1, 0.15) is 6.04 Å². The van der Waals surface area contributed by atoms with E-state index in [2.05, 4.69) is 14.7 Å². The molecule has 1 aromatic carbocycles. The minimum absolute atomic E-state index is 0.206. The lowest BCUT2D eigenvalue weighted by Crippen LogP contribution is -2.49. The number of hydrogen-bond acceptors (Lipinski definition) is 6. The summed E-state index contributed by atoms with van der Waals surface area (Å²) < 4.78 is 29.7. The van der Waals surface area contributed by atoms with Crippen molar-refractivity contribution >= 4 is 27.6 Å². The van der Waals surface area contributed by atoms with E-state index in [1.165, 1.54) is 42.6 Å². The molecule has 0 fully saturated rings. The molecule has 1 aliphatic rings. The number of methoxy groups -OCH3 is 1. The summed E-state index contributed by atoms with van der Waals surface area (Å²) in [6, 6.07) is 5.23. The fraction of sp³-hybridized carbons (Fsp3) is 0.312. The van der Waals surface area contributed by atoms with Gasteiger partial charge in [0.05, 0.1) is 37.6 Å². The second-order valence-corrected chi connectivity index (χ2v) is 7.70. The van der Waals surface area contributed by atoms with E-state index >= 15 is 0 Å². The Morgan fingerprint density at radius 2 is 2.00 bits per heavy atom. The Labute approximate surface area is 150 Å². The zero-order chi connectivity index (χ0) is 18.9. The van der Waals surface area contributed by atoms with Gasteiger partial charge in [-0.25, -0.2) is 18.2 Å². The number of hydrogen-bond donors (Lipinski definition) is 2. The third-order valence-corrected chi connectivity index (χ3v) is 4.67. The number of esters is 1. The van der Waals surface area contributed by atoms with Crippen molar-refractivity contribution < 1.29 is 22.7 Å². The third-order valence-electron chi connectivity index (χ3n) is 4.07. The maximum atomic E-state index is 12.9. The smallest absolute Gasteiger partial charge is 0.329 e. The summed E-state index contributed by atoms with van der Waals surface area (Å²) in [5.74, 6) is -0.867. The van der Waals surface area contributed by atoms with Gasteiger partial charge in [0.2, 0.25) is 10.0 Å². The van der Waals surface area contributed by atoms with Crippen LogP contribution in [0.3, 0.4) is 0 Å².